The third-order valence-corrected chi connectivity index (χ3v) is 5.44. The van der Waals surface area contributed by atoms with Gasteiger partial charge in [0.2, 0.25) is 0 Å². The number of rotatable bonds is 4. The van der Waals surface area contributed by atoms with Crippen LogP contribution < -0.4 is 5.73 Å². The summed E-state index contributed by atoms with van der Waals surface area (Å²) in [6.07, 6.45) is 0. The van der Waals surface area contributed by atoms with Crippen LogP contribution in [0.1, 0.15) is 10.4 Å². The Balaban J connectivity index is 0.00000132. The lowest BCUT2D eigenvalue weighted by molar-refractivity contribution is 0.123. The molecule has 2 aromatic rings. The summed E-state index contributed by atoms with van der Waals surface area (Å²) < 4.78 is 1.22. The van der Waals surface area contributed by atoms with E-state index in [-0.39, 0.29) is 24.8 Å². The van der Waals surface area contributed by atoms with Crippen molar-refractivity contribution < 1.29 is 0 Å². The van der Waals surface area contributed by atoms with Crippen LogP contribution in [0.3, 0.4) is 0 Å². The Bertz CT molecular complexity index is 601. The quantitative estimate of drug-likeness (QED) is 0.724. The standard InChI is InChI=1S/C16H20BrN3S.2ClH/c17-16-5-4-15(21-16)12-20-8-6-19(7-9-20)11-13-2-1-3-14(18)10-13;;/h1-5,10H,6-9,11-12,18H2;2*1H. The molecule has 1 aromatic heterocycles. The van der Waals surface area contributed by atoms with Crippen LogP contribution in [0, 0.1) is 0 Å². The highest BCUT2D eigenvalue weighted by molar-refractivity contribution is 9.11. The van der Waals surface area contributed by atoms with E-state index in [2.05, 4.69) is 50.0 Å². The lowest BCUT2D eigenvalue weighted by atomic mass is 10.2. The molecule has 2 heterocycles. The summed E-state index contributed by atoms with van der Waals surface area (Å²) >= 11 is 5.36. The maximum Gasteiger partial charge on any atom is 0.0701 e. The molecule has 0 spiro atoms. The fourth-order valence-corrected chi connectivity index (χ4v) is 4.24. The first-order valence-corrected chi connectivity index (χ1v) is 8.83. The average Bonchev–Trinajstić information content (AvgIpc) is 2.86. The van der Waals surface area contributed by atoms with Crippen LogP contribution in [-0.4, -0.2) is 36.0 Å². The van der Waals surface area contributed by atoms with Gasteiger partial charge in [-0.05, 0) is 45.8 Å². The summed E-state index contributed by atoms with van der Waals surface area (Å²) in [7, 11) is 0. The van der Waals surface area contributed by atoms with Crippen molar-refractivity contribution in [2.24, 2.45) is 0 Å². The summed E-state index contributed by atoms with van der Waals surface area (Å²) in [5.74, 6) is 0. The second-order valence-corrected chi connectivity index (χ2v) is 8.05. The third-order valence-electron chi connectivity index (χ3n) is 3.83. The lowest BCUT2D eigenvalue weighted by Gasteiger charge is -2.34. The second-order valence-electron chi connectivity index (χ2n) is 5.50. The number of piperazine rings is 1. The van der Waals surface area contributed by atoms with Gasteiger partial charge in [0.25, 0.3) is 0 Å². The van der Waals surface area contributed by atoms with Crippen molar-refractivity contribution >= 4 is 57.8 Å². The van der Waals surface area contributed by atoms with E-state index < -0.39 is 0 Å². The Kier molecular flexibility index (Phi) is 8.90. The van der Waals surface area contributed by atoms with Crippen LogP contribution in [0.5, 0.6) is 0 Å². The zero-order valence-electron chi connectivity index (χ0n) is 12.8. The van der Waals surface area contributed by atoms with Gasteiger partial charge in [0, 0.05) is 49.8 Å². The number of halogens is 3. The predicted octanol–water partition coefficient (Wildman–Crippen LogP) is 4.25. The monoisotopic (exact) mass is 437 g/mol. The minimum atomic E-state index is 0. The smallest absolute Gasteiger partial charge is 0.0701 e. The van der Waals surface area contributed by atoms with Gasteiger partial charge in [0.1, 0.15) is 0 Å². The summed E-state index contributed by atoms with van der Waals surface area (Å²) in [5.41, 5.74) is 8.01. The number of hydrogen-bond acceptors (Lipinski definition) is 4. The summed E-state index contributed by atoms with van der Waals surface area (Å²) in [4.78, 5) is 6.48. The number of benzene rings is 1. The average molecular weight is 439 g/mol. The van der Waals surface area contributed by atoms with E-state index in [4.69, 9.17) is 5.73 Å². The molecule has 0 atom stereocenters. The Hall–Kier alpha value is -0.300. The van der Waals surface area contributed by atoms with Gasteiger partial charge in [0.15, 0.2) is 0 Å². The van der Waals surface area contributed by atoms with Crippen LogP contribution in [0.25, 0.3) is 0 Å². The van der Waals surface area contributed by atoms with Crippen LogP contribution in [0.2, 0.25) is 0 Å². The Morgan fingerprint density at radius 1 is 0.957 bits per heavy atom. The number of thiophene rings is 1. The molecule has 1 aliphatic rings. The number of nitrogens with two attached hydrogens (primary N) is 1. The van der Waals surface area contributed by atoms with Crippen LogP contribution in [0.15, 0.2) is 40.2 Å². The fourth-order valence-electron chi connectivity index (χ4n) is 2.71. The largest absolute Gasteiger partial charge is 0.399 e. The van der Waals surface area contributed by atoms with Gasteiger partial charge in [-0.2, -0.15) is 0 Å². The summed E-state index contributed by atoms with van der Waals surface area (Å²) in [5, 5.41) is 0. The van der Waals surface area contributed by atoms with Crippen LogP contribution >= 0.6 is 52.1 Å². The first kappa shape index (κ1) is 20.7. The van der Waals surface area contributed by atoms with Crippen molar-refractivity contribution in [2.75, 3.05) is 31.9 Å². The molecule has 1 aromatic carbocycles. The molecule has 0 unspecified atom stereocenters. The van der Waals surface area contributed by atoms with E-state index in [1.165, 1.54) is 14.2 Å². The molecule has 3 nitrogen and oxygen atoms in total. The second kappa shape index (κ2) is 9.87. The molecular weight excluding hydrogens is 417 g/mol. The first-order valence-electron chi connectivity index (χ1n) is 7.22. The first-order chi connectivity index (χ1) is 10.2. The molecule has 0 amide bonds. The van der Waals surface area contributed by atoms with E-state index >= 15 is 0 Å². The predicted molar refractivity (Wildman–Crippen MR) is 108 cm³/mol. The minimum Gasteiger partial charge on any atom is -0.399 e. The highest BCUT2D eigenvalue weighted by Crippen LogP contribution is 2.23. The minimum absolute atomic E-state index is 0. The van der Waals surface area contributed by atoms with Crippen molar-refractivity contribution in [1.29, 1.82) is 0 Å². The Morgan fingerprint density at radius 2 is 1.61 bits per heavy atom. The fraction of sp³-hybridized carbons (Fsp3) is 0.375. The molecule has 1 aliphatic heterocycles. The maximum absolute atomic E-state index is 5.84. The summed E-state index contributed by atoms with van der Waals surface area (Å²) in [6, 6.07) is 12.6. The highest BCUT2D eigenvalue weighted by atomic mass is 79.9. The molecule has 1 saturated heterocycles. The highest BCUT2D eigenvalue weighted by Gasteiger charge is 2.17. The van der Waals surface area contributed by atoms with Gasteiger partial charge in [-0.3, -0.25) is 9.80 Å². The van der Waals surface area contributed by atoms with Gasteiger partial charge in [-0.25, -0.2) is 0 Å². The number of nitrogen functional groups attached to an aromatic ring is 1. The number of anilines is 1. The van der Waals surface area contributed by atoms with Crippen molar-refractivity contribution in [2.45, 2.75) is 13.1 Å². The molecule has 3 rings (SSSR count). The van der Waals surface area contributed by atoms with Gasteiger partial charge in [-0.15, -0.1) is 36.2 Å². The number of nitrogens with zero attached hydrogens (tertiary/aromatic N) is 2. The van der Waals surface area contributed by atoms with Gasteiger partial charge < -0.3 is 5.73 Å². The SMILES string of the molecule is Cl.Cl.Nc1cccc(CN2CCN(Cc3ccc(Br)s3)CC2)c1. The lowest BCUT2D eigenvalue weighted by Crippen LogP contribution is -2.45. The number of hydrogen-bond donors (Lipinski definition) is 1. The Labute approximate surface area is 162 Å². The molecule has 23 heavy (non-hydrogen) atoms. The molecule has 2 N–H and O–H groups in total. The van der Waals surface area contributed by atoms with E-state index in [9.17, 15) is 0 Å². The zero-order valence-corrected chi connectivity index (χ0v) is 16.8. The van der Waals surface area contributed by atoms with Gasteiger partial charge in [-0.1, -0.05) is 12.1 Å². The third kappa shape index (κ3) is 6.25. The molecule has 1 fully saturated rings. The van der Waals surface area contributed by atoms with E-state index in [0.717, 1.165) is 45.0 Å². The maximum atomic E-state index is 5.84. The molecule has 128 valence electrons. The summed E-state index contributed by atoms with van der Waals surface area (Å²) in [6.45, 7) is 6.60. The van der Waals surface area contributed by atoms with E-state index in [0.29, 0.717) is 0 Å². The van der Waals surface area contributed by atoms with Crippen molar-refractivity contribution in [1.82, 2.24) is 9.80 Å². The zero-order chi connectivity index (χ0) is 14.7. The van der Waals surface area contributed by atoms with Crippen molar-refractivity contribution in [3.63, 3.8) is 0 Å². The van der Waals surface area contributed by atoms with Crippen molar-refractivity contribution in [3.8, 4) is 0 Å². The van der Waals surface area contributed by atoms with Crippen LogP contribution in [-0.2, 0) is 13.1 Å². The van der Waals surface area contributed by atoms with Crippen molar-refractivity contribution in [3.05, 3.63) is 50.6 Å². The molecule has 0 radical (unpaired) electrons. The van der Waals surface area contributed by atoms with E-state index in [1.807, 2.05) is 23.5 Å². The molecule has 0 aliphatic carbocycles. The van der Waals surface area contributed by atoms with Gasteiger partial charge >= 0.3 is 0 Å². The molecular formula is C16H22BrCl2N3S. The van der Waals surface area contributed by atoms with Crippen LogP contribution in [0.4, 0.5) is 5.69 Å². The molecule has 7 heteroatoms. The topological polar surface area (TPSA) is 32.5 Å². The van der Waals surface area contributed by atoms with Gasteiger partial charge in [0.05, 0.1) is 3.79 Å². The normalized spacial score (nSPS) is 15.7. The Morgan fingerprint density at radius 3 is 2.17 bits per heavy atom. The molecule has 0 saturated carbocycles. The molecule has 0 bridgehead atoms. The van der Waals surface area contributed by atoms with E-state index in [1.54, 1.807) is 0 Å².